The molecule has 4 heteroatoms. The Bertz CT molecular complexity index is 384. The minimum atomic E-state index is 0.425. The van der Waals surface area contributed by atoms with Gasteiger partial charge >= 0.3 is 0 Å². The van der Waals surface area contributed by atoms with Gasteiger partial charge in [-0.15, -0.1) is 0 Å². The molecule has 0 amide bonds. The molecule has 2 unspecified atom stereocenters. The summed E-state index contributed by atoms with van der Waals surface area (Å²) >= 11 is 3.66. The van der Waals surface area contributed by atoms with Crippen molar-refractivity contribution >= 4 is 15.9 Å². The molecule has 2 atom stereocenters. The first-order valence-electron chi connectivity index (χ1n) is 7.13. The van der Waals surface area contributed by atoms with Gasteiger partial charge in [0.15, 0.2) is 0 Å². The fraction of sp³-hybridized carbons (Fsp3) is 0.786. The summed E-state index contributed by atoms with van der Waals surface area (Å²) in [6, 6.07) is 0.425. The Morgan fingerprint density at radius 2 is 2.22 bits per heavy atom. The highest BCUT2D eigenvalue weighted by Crippen LogP contribution is 2.43. The number of aromatic nitrogens is 2. The first-order valence-corrected chi connectivity index (χ1v) is 7.92. The number of nitrogens with zero attached hydrogens (tertiary/aromatic N) is 2. The lowest BCUT2D eigenvalue weighted by molar-refractivity contribution is 0.330. The van der Waals surface area contributed by atoms with Crippen molar-refractivity contribution in [2.45, 2.75) is 52.6 Å². The van der Waals surface area contributed by atoms with Gasteiger partial charge in [0.25, 0.3) is 0 Å². The zero-order chi connectivity index (χ0) is 13.1. The van der Waals surface area contributed by atoms with E-state index in [1.54, 1.807) is 0 Å². The molecule has 1 fully saturated rings. The second-order valence-electron chi connectivity index (χ2n) is 5.32. The molecule has 1 aromatic rings. The number of hydrogen-bond donors (Lipinski definition) is 1. The van der Waals surface area contributed by atoms with E-state index in [1.807, 2.05) is 6.20 Å². The van der Waals surface area contributed by atoms with Gasteiger partial charge in [-0.3, -0.25) is 4.68 Å². The lowest BCUT2D eigenvalue weighted by Gasteiger charge is -2.26. The van der Waals surface area contributed by atoms with Crippen molar-refractivity contribution in [1.82, 2.24) is 15.1 Å². The average molecular weight is 314 g/mol. The molecule has 1 aliphatic carbocycles. The van der Waals surface area contributed by atoms with Crippen LogP contribution in [-0.4, -0.2) is 16.3 Å². The molecule has 3 nitrogen and oxygen atoms in total. The predicted molar refractivity (Wildman–Crippen MR) is 78.5 cm³/mol. The molecule has 1 saturated carbocycles. The van der Waals surface area contributed by atoms with Gasteiger partial charge in [0.1, 0.15) is 0 Å². The third kappa shape index (κ3) is 2.97. The molecular formula is C14H24BrN3. The third-order valence-electron chi connectivity index (χ3n) is 3.93. The van der Waals surface area contributed by atoms with Crippen molar-refractivity contribution in [1.29, 1.82) is 0 Å². The van der Waals surface area contributed by atoms with Crippen molar-refractivity contribution < 1.29 is 0 Å². The molecule has 0 aliphatic heterocycles. The van der Waals surface area contributed by atoms with Crippen molar-refractivity contribution in [3.8, 4) is 0 Å². The number of nitrogens with one attached hydrogen (secondary N) is 1. The van der Waals surface area contributed by atoms with Crippen LogP contribution in [0.25, 0.3) is 0 Å². The fourth-order valence-corrected chi connectivity index (χ4v) is 3.20. The third-order valence-corrected chi connectivity index (χ3v) is 4.54. The Kier molecular flexibility index (Phi) is 4.84. The van der Waals surface area contributed by atoms with Crippen LogP contribution in [0.2, 0.25) is 0 Å². The van der Waals surface area contributed by atoms with Gasteiger partial charge in [-0.25, -0.2) is 0 Å². The summed E-state index contributed by atoms with van der Waals surface area (Å²) in [5.41, 5.74) is 1.32. The molecule has 18 heavy (non-hydrogen) atoms. The van der Waals surface area contributed by atoms with E-state index in [2.05, 4.69) is 51.8 Å². The number of hydrogen-bond acceptors (Lipinski definition) is 2. The van der Waals surface area contributed by atoms with E-state index in [4.69, 9.17) is 0 Å². The highest BCUT2D eigenvalue weighted by molar-refractivity contribution is 9.10. The molecular weight excluding hydrogens is 290 g/mol. The first-order chi connectivity index (χ1) is 8.69. The molecule has 1 heterocycles. The maximum Gasteiger partial charge on any atom is 0.0698 e. The van der Waals surface area contributed by atoms with Crippen LogP contribution in [0.1, 0.15) is 51.8 Å². The summed E-state index contributed by atoms with van der Waals surface area (Å²) in [5.74, 6) is 1.58. The van der Waals surface area contributed by atoms with Gasteiger partial charge in [0.2, 0.25) is 0 Å². The topological polar surface area (TPSA) is 29.9 Å². The predicted octanol–water partition coefficient (Wildman–Crippen LogP) is 3.75. The maximum absolute atomic E-state index is 4.46. The zero-order valence-electron chi connectivity index (χ0n) is 11.6. The SMILES string of the molecule is CCCNC(c1c(Br)cnn1CC)C(C)C1CC1. The first kappa shape index (κ1) is 14.1. The van der Waals surface area contributed by atoms with Gasteiger partial charge in [0.05, 0.1) is 22.4 Å². The second-order valence-corrected chi connectivity index (χ2v) is 6.18. The highest BCUT2D eigenvalue weighted by Gasteiger charge is 2.35. The highest BCUT2D eigenvalue weighted by atomic mass is 79.9. The molecule has 102 valence electrons. The normalized spacial score (nSPS) is 18.9. The molecule has 2 rings (SSSR count). The van der Waals surface area contributed by atoms with E-state index in [9.17, 15) is 0 Å². The van der Waals surface area contributed by atoms with Crippen molar-refractivity contribution in [3.63, 3.8) is 0 Å². The van der Waals surface area contributed by atoms with E-state index < -0.39 is 0 Å². The molecule has 0 bridgehead atoms. The van der Waals surface area contributed by atoms with Gasteiger partial charge in [0, 0.05) is 6.54 Å². The lowest BCUT2D eigenvalue weighted by atomic mass is 9.93. The largest absolute Gasteiger partial charge is 0.308 e. The summed E-state index contributed by atoms with van der Waals surface area (Å²) in [4.78, 5) is 0. The second kappa shape index (κ2) is 6.20. The van der Waals surface area contributed by atoms with Crippen molar-refractivity contribution in [3.05, 3.63) is 16.4 Å². The summed E-state index contributed by atoms with van der Waals surface area (Å²) in [5, 5.41) is 8.17. The quantitative estimate of drug-likeness (QED) is 0.830. The zero-order valence-corrected chi connectivity index (χ0v) is 13.2. The summed E-state index contributed by atoms with van der Waals surface area (Å²) in [7, 11) is 0. The van der Waals surface area contributed by atoms with Crippen LogP contribution in [0.3, 0.4) is 0 Å². The standard InChI is InChI=1S/C14H24BrN3/c1-4-8-16-13(10(3)11-6-7-11)14-12(15)9-17-18(14)5-2/h9-11,13,16H,4-8H2,1-3H3. The molecule has 0 spiro atoms. The van der Waals surface area contributed by atoms with Crippen LogP contribution < -0.4 is 5.32 Å². The van der Waals surface area contributed by atoms with E-state index in [0.29, 0.717) is 12.0 Å². The van der Waals surface area contributed by atoms with Gasteiger partial charge in [-0.2, -0.15) is 5.10 Å². The van der Waals surface area contributed by atoms with E-state index in [-0.39, 0.29) is 0 Å². The minimum Gasteiger partial charge on any atom is -0.308 e. The van der Waals surface area contributed by atoms with E-state index in [0.717, 1.165) is 23.5 Å². The van der Waals surface area contributed by atoms with E-state index in [1.165, 1.54) is 25.0 Å². The number of halogens is 1. The summed E-state index contributed by atoms with van der Waals surface area (Å²) in [6.45, 7) is 8.76. The molecule has 1 N–H and O–H groups in total. The van der Waals surface area contributed by atoms with Gasteiger partial charge in [-0.1, -0.05) is 13.8 Å². The maximum atomic E-state index is 4.46. The molecule has 0 saturated heterocycles. The Labute approximate surface area is 118 Å². The molecule has 1 aliphatic rings. The lowest BCUT2D eigenvalue weighted by Crippen LogP contribution is -2.31. The molecule has 1 aromatic heterocycles. The van der Waals surface area contributed by atoms with Crippen LogP contribution in [-0.2, 0) is 6.54 Å². The Hall–Kier alpha value is -0.350. The van der Waals surface area contributed by atoms with E-state index >= 15 is 0 Å². The smallest absolute Gasteiger partial charge is 0.0698 e. The Morgan fingerprint density at radius 3 is 2.78 bits per heavy atom. The van der Waals surface area contributed by atoms with Crippen molar-refractivity contribution in [2.75, 3.05) is 6.54 Å². The number of rotatable bonds is 7. The monoisotopic (exact) mass is 313 g/mol. The summed E-state index contributed by atoms with van der Waals surface area (Å²) < 4.78 is 3.27. The fourth-order valence-electron chi connectivity index (χ4n) is 2.66. The number of aryl methyl sites for hydroxylation is 1. The van der Waals surface area contributed by atoms with Crippen LogP contribution >= 0.6 is 15.9 Å². The molecule has 0 aromatic carbocycles. The minimum absolute atomic E-state index is 0.425. The van der Waals surface area contributed by atoms with Crippen LogP contribution in [0, 0.1) is 11.8 Å². The van der Waals surface area contributed by atoms with Crippen LogP contribution in [0.15, 0.2) is 10.7 Å². The Balaban J connectivity index is 2.22. The average Bonchev–Trinajstić information content (AvgIpc) is 3.15. The van der Waals surface area contributed by atoms with Crippen LogP contribution in [0.4, 0.5) is 0 Å². The van der Waals surface area contributed by atoms with Crippen molar-refractivity contribution in [2.24, 2.45) is 11.8 Å². The van der Waals surface area contributed by atoms with Gasteiger partial charge < -0.3 is 5.32 Å². The summed E-state index contributed by atoms with van der Waals surface area (Å²) in [6.07, 6.45) is 5.89. The van der Waals surface area contributed by atoms with Crippen LogP contribution in [0.5, 0.6) is 0 Å². The Morgan fingerprint density at radius 1 is 1.50 bits per heavy atom. The van der Waals surface area contributed by atoms with Gasteiger partial charge in [-0.05, 0) is 60.5 Å². The molecule has 0 radical (unpaired) electrons.